The summed E-state index contributed by atoms with van der Waals surface area (Å²) in [5.41, 5.74) is 1.19. The molecule has 0 aliphatic heterocycles. The predicted molar refractivity (Wildman–Crippen MR) is 75.2 cm³/mol. The summed E-state index contributed by atoms with van der Waals surface area (Å²) in [6, 6.07) is 10.1. The first-order valence-electron chi connectivity index (χ1n) is 6.15. The lowest BCUT2D eigenvalue weighted by Crippen LogP contribution is -2.31. The van der Waals surface area contributed by atoms with Crippen molar-refractivity contribution in [2.45, 2.75) is 32.7 Å². The van der Waals surface area contributed by atoms with Crippen molar-refractivity contribution in [3.8, 4) is 0 Å². The molecule has 0 aromatic heterocycles. The maximum Gasteiger partial charge on any atom is 0.222 e. The minimum absolute atomic E-state index is 0.259. The van der Waals surface area contributed by atoms with E-state index in [4.69, 9.17) is 0 Å². The fourth-order valence-corrected chi connectivity index (χ4v) is 2.11. The Hall–Kier alpha value is -0.830. The van der Waals surface area contributed by atoms with Gasteiger partial charge in [0.1, 0.15) is 0 Å². The molecule has 1 aromatic carbocycles. The first-order chi connectivity index (χ1) is 8.27. The maximum atomic E-state index is 12.0. The molecule has 2 nitrogen and oxygen atoms in total. The number of alkyl halides is 1. The fraction of sp³-hybridized carbons (Fsp3) is 0.500. The molecule has 0 spiro atoms. The maximum absolute atomic E-state index is 12.0. The Morgan fingerprint density at radius 1 is 1.29 bits per heavy atom. The summed E-state index contributed by atoms with van der Waals surface area (Å²) >= 11 is 3.41. The molecule has 0 aliphatic carbocycles. The molecule has 0 saturated carbocycles. The van der Waals surface area contributed by atoms with E-state index in [0.29, 0.717) is 6.42 Å². The second kappa shape index (κ2) is 8.29. The Morgan fingerprint density at radius 2 is 2.00 bits per heavy atom. The van der Waals surface area contributed by atoms with Gasteiger partial charge in [0.25, 0.3) is 0 Å². The van der Waals surface area contributed by atoms with Crippen molar-refractivity contribution < 1.29 is 4.79 Å². The van der Waals surface area contributed by atoms with E-state index in [1.54, 1.807) is 0 Å². The predicted octanol–water partition coefficient (Wildman–Crippen LogP) is 3.60. The van der Waals surface area contributed by atoms with Gasteiger partial charge in [-0.1, -0.05) is 59.6 Å². The van der Waals surface area contributed by atoms with E-state index in [9.17, 15) is 4.79 Å². The molecule has 0 unspecified atom stereocenters. The van der Waals surface area contributed by atoms with E-state index in [1.807, 2.05) is 23.1 Å². The van der Waals surface area contributed by atoms with Gasteiger partial charge in [-0.3, -0.25) is 4.79 Å². The molecule has 3 heteroatoms. The van der Waals surface area contributed by atoms with E-state index in [-0.39, 0.29) is 5.91 Å². The van der Waals surface area contributed by atoms with Crippen LogP contribution >= 0.6 is 15.9 Å². The molecule has 0 fully saturated rings. The number of carbonyl (C=O) groups excluding carboxylic acids is 1. The van der Waals surface area contributed by atoms with Gasteiger partial charge in [-0.25, -0.2) is 0 Å². The standard InChI is InChI=1S/C14H20BrNO/c1-2-3-9-14(17)16(11-10-15)12-13-7-5-4-6-8-13/h4-8H,2-3,9-12H2,1H3. The SMILES string of the molecule is CCCCC(=O)N(CCBr)Cc1ccccc1. The van der Waals surface area contributed by atoms with Gasteiger partial charge in [0, 0.05) is 24.8 Å². The Morgan fingerprint density at radius 3 is 2.59 bits per heavy atom. The number of rotatable bonds is 7. The van der Waals surface area contributed by atoms with Crippen LogP contribution in [-0.4, -0.2) is 22.7 Å². The number of nitrogens with zero attached hydrogens (tertiary/aromatic N) is 1. The summed E-state index contributed by atoms with van der Waals surface area (Å²) in [5, 5.41) is 0.831. The van der Waals surface area contributed by atoms with E-state index >= 15 is 0 Å². The molecule has 94 valence electrons. The summed E-state index contributed by atoms with van der Waals surface area (Å²) in [6.45, 7) is 3.60. The molecular weight excluding hydrogens is 278 g/mol. The largest absolute Gasteiger partial charge is 0.338 e. The molecule has 0 atom stereocenters. The molecule has 0 bridgehead atoms. The van der Waals surface area contributed by atoms with Crippen LogP contribution in [0.15, 0.2) is 30.3 Å². The van der Waals surface area contributed by atoms with Crippen molar-refractivity contribution in [3.63, 3.8) is 0 Å². The zero-order valence-corrected chi connectivity index (χ0v) is 11.9. The number of carbonyl (C=O) groups is 1. The van der Waals surface area contributed by atoms with Crippen molar-refractivity contribution in [1.82, 2.24) is 4.90 Å². The van der Waals surface area contributed by atoms with Gasteiger partial charge in [0.05, 0.1) is 0 Å². The molecule has 0 radical (unpaired) electrons. The zero-order valence-electron chi connectivity index (χ0n) is 10.4. The minimum atomic E-state index is 0.259. The van der Waals surface area contributed by atoms with Gasteiger partial charge < -0.3 is 4.90 Å². The number of unbranched alkanes of at least 4 members (excludes halogenated alkanes) is 1. The van der Waals surface area contributed by atoms with Gasteiger partial charge in [0.15, 0.2) is 0 Å². The number of benzene rings is 1. The summed E-state index contributed by atoms with van der Waals surface area (Å²) in [7, 11) is 0. The average molecular weight is 298 g/mol. The third-order valence-corrected chi connectivity index (χ3v) is 3.02. The summed E-state index contributed by atoms with van der Waals surface area (Å²) < 4.78 is 0. The van der Waals surface area contributed by atoms with E-state index in [0.717, 1.165) is 31.3 Å². The monoisotopic (exact) mass is 297 g/mol. The van der Waals surface area contributed by atoms with Crippen LogP contribution in [-0.2, 0) is 11.3 Å². The summed E-state index contributed by atoms with van der Waals surface area (Å²) in [4.78, 5) is 13.9. The van der Waals surface area contributed by atoms with Gasteiger partial charge in [-0.15, -0.1) is 0 Å². The van der Waals surface area contributed by atoms with E-state index < -0.39 is 0 Å². The van der Waals surface area contributed by atoms with Crippen LogP contribution in [0.5, 0.6) is 0 Å². The normalized spacial score (nSPS) is 10.2. The van der Waals surface area contributed by atoms with Gasteiger partial charge in [-0.05, 0) is 12.0 Å². The number of halogens is 1. The molecule has 1 amide bonds. The first kappa shape index (κ1) is 14.2. The third kappa shape index (κ3) is 5.35. The Bertz CT molecular complexity index is 326. The zero-order chi connectivity index (χ0) is 12.5. The number of amides is 1. The van der Waals surface area contributed by atoms with Crippen LogP contribution in [0.4, 0.5) is 0 Å². The van der Waals surface area contributed by atoms with Crippen LogP contribution in [0.3, 0.4) is 0 Å². The molecule has 0 saturated heterocycles. The van der Waals surface area contributed by atoms with Crippen LogP contribution in [0.25, 0.3) is 0 Å². The van der Waals surface area contributed by atoms with Crippen LogP contribution in [0, 0.1) is 0 Å². The van der Waals surface area contributed by atoms with E-state index in [1.165, 1.54) is 5.56 Å². The Balaban J connectivity index is 2.56. The summed E-state index contributed by atoms with van der Waals surface area (Å²) in [6.07, 6.45) is 2.71. The molecule has 0 N–H and O–H groups in total. The molecule has 17 heavy (non-hydrogen) atoms. The van der Waals surface area contributed by atoms with Crippen LogP contribution < -0.4 is 0 Å². The highest BCUT2D eigenvalue weighted by atomic mass is 79.9. The number of hydrogen-bond acceptors (Lipinski definition) is 1. The topological polar surface area (TPSA) is 20.3 Å². The molecular formula is C14H20BrNO. The highest BCUT2D eigenvalue weighted by Crippen LogP contribution is 2.08. The van der Waals surface area contributed by atoms with Crippen LogP contribution in [0.2, 0.25) is 0 Å². The highest BCUT2D eigenvalue weighted by molar-refractivity contribution is 9.09. The fourth-order valence-electron chi connectivity index (χ4n) is 1.68. The smallest absolute Gasteiger partial charge is 0.222 e. The average Bonchev–Trinajstić information content (AvgIpc) is 2.36. The van der Waals surface area contributed by atoms with Gasteiger partial charge in [0.2, 0.25) is 5.91 Å². The Kier molecular flexibility index (Phi) is 6.94. The number of hydrogen-bond donors (Lipinski definition) is 0. The minimum Gasteiger partial charge on any atom is -0.338 e. The molecule has 1 aromatic rings. The van der Waals surface area contributed by atoms with Gasteiger partial charge >= 0.3 is 0 Å². The lowest BCUT2D eigenvalue weighted by molar-refractivity contribution is -0.131. The van der Waals surface area contributed by atoms with Crippen molar-refractivity contribution in [2.24, 2.45) is 0 Å². The second-order valence-corrected chi connectivity index (χ2v) is 4.89. The van der Waals surface area contributed by atoms with Crippen LogP contribution in [0.1, 0.15) is 31.7 Å². The quantitative estimate of drug-likeness (QED) is 0.704. The van der Waals surface area contributed by atoms with Crippen molar-refractivity contribution in [2.75, 3.05) is 11.9 Å². The Labute approximate surface area is 112 Å². The van der Waals surface area contributed by atoms with E-state index in [2.05, 4.69) is 35.0 Å². The highest BCUT2D eigenvalue weighted by Gasteiger charge is 2.12. The van der Waals surface area contributed by atoms with Crippen molar-refractivity contribution in [3.05, 3.63) is 35.9 Å². The van der Waals surface area contributed by atoms with Crippen molar-refractivity contribution in [1.29, 1.82) is 0 Å². The molecule has 0 aliphatic rings. The lowest BCUT2D eigenvalue weighted by atomic mass is 10.2. The lowest BCUT2D eigenvalue weighted by Gasteiger charge is -2.22. The summed E-state index contributed by atoms with van der Waals surface area (Å²) in [5.74, 6) is 0.259. The molecule has 1 rings (SSSR count). The van der Waals surface area contributed by atoms with Crippen molar-refractivity contribution >= 4 is 21.8 Å². The first-order valence-corrected chi connectivity index (χ1v) is 7.27. The third-order valence-electron chi connectivity index (χ3n) is 2.67. The second-order valence-electron chi connectivity index (χ2n) is 4.09. The van der Waals surface area contributed by atoms with Gasteiger partial charge in [-0.2, -0.15) is 0 Å². The molecule has 0 heterocycles.